The van der Waals surface area contributed by atoms with Gasteiger partial charge in [-0.05, 0) is 12.1 Å². The van der Waals surface area contributed by atoms with Gasteiger partial charge in [0.15, 0.2) is 28.8 Å². The minimum atomic E-state index is -0.419. The number of hydrogen-bond donors (Lipinski definition) is 0. The highest BCUT2D eigenvalue weighted by Crippen LogP contribution is 2.48. The first kappa shape index (κ1) is 19.6. The predicted molar refractivity (Wildman–Crippen MR) is 107 cm³/mol. The molecule has 0 bridgehead atoms. The van der Waals surface area contributed by atoms with E-state index in [9.17, 15) is 4.79 Å². The summed E-state index contributed by atoms with van der Waals surface area (Å²) in [5.74, 6) is 2.40. The van der Waals surface area contributed by atoms with Crippen molar-refractivity contribution < 1.29 is 37.6 Å². The second kappa shape index (κ2) is 7.58. The number of fused-ring (bicyclic) bond motifs is 2. The van der Waals surface area contributed by atoms with Gasteiger partial charge in [0.2, 0.25) is 29.5 Å². The molecule has 0 saturated carbocycles. The molecule has 0 fully saturated rings. The van der Waals surface area contributed by atoms with Crippen LogP contribution in [-0.4, -0.2) is 42.3 Å². The SMILES string of the molecule is COc1cc(-c2oc3cc4c(c(OC)c3c(=O)c2OC)OCO4)cc(OC)c1OC. The summed E-state index contributed by atoms with van der Waals surface area (Å²) in [6, 6.07) is 4.92. The van der Waals surface area contributed by atoms with Crippen LogP contribution in [0.15, 0.2) is 27.4 Å². The van der Waals surface area contributed by atoms with Crippen molar-refractivity contribution in [3.05, 3.63) is 28.4 Å². The maximum Gasteiger partial charge on any atom is 0.239 e. The lowest BCUT2D eigenvalue weighted by molar-refractivity contribution is 0.171. The van der Waals surface area contributed by atoms with E-state index in [-0.39, 0.29) is 35.0 Å². The highest BCUT2D eigenvalue weighted by Gasteiger charge is 2.28. The van der Waals surface area contributed by atoms with Crippen LogP contribution < -0.4 is 38.6 Å². The summed E-state index contributed by atoms with van der Waals surface area (Å²) in [7, 11) is 7.33. The van der Waals surface area contributed by atoms with E-state index in [1.165, 1.54) is 35.5 Å². The van der Waals surface area contributed by atoms with Crippen LogP contribution in [0.4, 0.5) is 0 Å². The van der Waals surface area contributed by atoms with Gasteiger partial charge < -0.3 is 37.6 Å². The molecular weight excluding hydrogens is 396 g/mol. The second-order valence-corrected chi connectivity index (χ2v) is 6.22. The van der Waals surface area contributed by atoms with Crippen molar-refractivity contribution >= 4 is 11.0 Å². The van der Waals surface area contributed by atoms with Crippen LogP contribution in [0.5, 0.6) is 40.2 Å². The zero-order chi connectivity index (χ0) is 21.4. The fraction of sp³-hybridized carbons (Fsp3) is 0.286. The van der Waals surface area contributed by atoms with E-state index in [4.69, 9.17) is 37.6 Å². The number of methoxy groups -OCH3 is 5. The third-order valence-electron chi connectivity index (χ3n) is 4.77. The molecule has 9 nitrogen and oxygen atoms in total. The van der Waals surface area contributed by atoms with E-state index in [1.807, 2.05) is 0 Å². The number of rotatable bonds is 6. The van der Waals surface area contributed by atoms with Gasteiger partial charge in [-0.1, -0.05) is 0 Å². The molecule has 2 heterocycles. The van der Waals surface area contributed by atoms with Crippen molar-refractivity contribution in [1.82, 2.24) is 0 Å². The first-order chi connectivity index (χ1) is 14.6. The van der Waals surface area contributed by atoms with Gasteiger partial charge in [-0.15, -0.1) is 0 Å². The number of hydrogen-bond acceptors (Lipinski definition) is 9. The molecule has 4 rings (SSSR count). The van der Waals surface area contributed by atoms with Crippen LogP contribution in [0.25, 0.3) is 22.3 Å². The quantitative estimate of drug-likeness (QED) is 0.600. The van der Waals surface area contributed by atoms with Gasteiger partial charge in [-0.2, -0.15) is 0 Å². The summed E-state index contributed by atoms with van der Waals surface area (Å²) in [4.78, 5) is 13.3. The average Bonchev–Trinajstić information content (AvgIpc) is 3.24. The summed E-state index contributed by atoms with van der Waals surface area (Å²) < 4.78 is 44.0. The molecule has 0 N–H and O–H groups in total. The van der Waals surface area contributed by atoms with Crippen molar-refractivity contribution in [2.24, 2.45) is 0 Å². The Morgan fingerprint density at radius 3 is 1.97 bits per heavy atom. The van der Waals surface area contributed by atoms with E-state index < -0.39 is 5.43 Å². The highest BCUT2D eigenvalue weighted by atomic mass is 16.7. The van der Waals surface area contributed by atoms with Gasteiger partial charge in [-0.25, -0.2) is 0 Å². The summed E-state index contributed by atoms with van der Waals surface area (Å²) in [6.07, 6.45) is 0. The summed E-state index contributed by atoms with van der Waals surface area (Å²) in [5.41, 5.74) is 0.334. The highest BCUT2D eigenvalue weighted by molar-refractivity contribution is 5.92. The third-order valence-corrected chi connectivity index (χ3v) is 4.77. The third kappa shape index (κ3) is 2.81. The Morgan fingerprint density at radius 2 is 1.40 bits per heavy atom. The molecule has 30 heavy (non-hydrogen) atoms. The van der Waals surface area contributed by atoms with Gasteiger partial charge in [-0.3, -0.25) is 4.79 Å². The van der Waals surface area contributed by atoms with Gasteiger partial charge in [0.25, 0.3) is 0 Å². The topological polar surface area (TPSA) is 94.8 Å². The first-order valence-corrected chi connectivity index (χ1v) is 8.89. The monoisotopic (exact) mass is 416 g/mol. The van der Waals surface area contributed by atoms with Gasteiger partial charge in [0.05, 0.1) is 35.5 Å². The average molecular weight is 416 g/mol. The van der Waals surface area contributed by atoms with E-state index >= 15 is 0 Å². The van der Waals surface area contributed by atoms with Crippen LogP contribution in [0.2, 0.25) is 0 Å². The summed E-state index contributed by atoms with van der Waals surface area (Å²) in [6.45, 7) is 0.0209. The predicted octanol–water partition coefficient (Wildman–Crippen LogP) is 3.23. The van der Waals surface area contributed by atoms with Crippen LogP contribution in [-0.2, 0) is 0 Å². The zero-order valence-electron chi connectivity index (χ0n) is 17.1. The summed E-state index contributed by atoms with van der Waals surface area (Å²) in [5, 5.41) is 0.190. The minimum Gasteiger partial charge on any atom is -0.493 e. The van der Waals surface area contributed by atoms with Crippen molar-refractivity contribution in [3.8, 4) is 51.6 Å². The molecule has 0 amide bonds. The largest absolute Gasteiger partial charge is 0.493 e. The minimum absolute atomic E-state index is 0.00561. The molecule has 0 aliphatic carbocycles. The Kier molecular flexibility index (Phi) is 4.94. The lowest BCUT2D eigenvalue weighted by atomic mass is 10.1. The van der Waals surface area contributed by atoms with Crippen LogP contribution in [0.1, 0.15) is 0 Å². The molecule has 1 aromatic heterocycles. The van der Waals surface area contributed by atoms with Crippen LogP contribution in [0.3, 0.4) is 0 Å². The Balaban J connectivity index is 2.06. The zero-order valence-corrected chi connectivity index (χ0v) is 17.1. The van der Waals surface area contributed by atoms with Crippen LogP contribution >= 0.6 is 0 Å². The Hall–Kier alpha value is -3.75. The lowest BCUT2D eigenvalue weighted by Gasteiger charge is -2.16. The fourth-order valence-corrected chi connectivity index (χ4v) is 3.44. The Bertz CT molecular complexity index is 1150. The van der Waals surface area contributed by atoms with Crippen molar-refractivity contribution in [2.45, 2.75) is 0 Å². The van der Waals surface area contributed by atoms with E-state index in [2.05, 4.69) is 0 Å². The maximum atomic E-state index is 13.3. The Morgan fingerprint density at radius 1 is 0.767 bits per heavy atom. The summed E-state index contributed by atoms with van der Waals surface area (Å²) >= 11 is 0. The molecule has 0 atom stereocenters. The molecule has 2 aromatic carbocycles. The van der Waals surface area contributed by atoms with Gasteiger partial charge >= 0.3 is 0 Å². The molecule has 1 aliphatic heterocycles. The molecule has 0 spiro atoms. The number of ether oxygens (including phenoxy) is 7. The van der Waals surface area contributed by atoms with Gasteiger partial charge in [0, 0.05) is 11.6 Å². The Labute approximate surface area is 171 Å². The molecular formula is C21H20O9. The smallest absolute Gasteiger partial charge is 0.239 e. The second-order valence-electron chi connectivity index (χ2n) is 6.22. The maximum absolute atomic E-state index is 13.3. The molecule has 1 aliphatic rings. The van der Waals surface area contributed by atoms with Crippen molar-refractivity contribution in [1.29, 1.82) is 0 Å². The van der Waals surface area contributed by atoms with Crippen molar-refractivity contribution in [2.75, 3.05) is 42.3 Å². The molecule has 9 heteroatoms. The van der Waals surface area contributed by atoms with Gasteiger partial charge in [0.1, 0.15) is 11.0 Å². The van der Waals surface area contributed by atoms with Crippen molar-refractivity contribution in [3.63, 3.8) is 0 Å². The van der Waals surface area contributed by atoms with E-state index in [0.717, 1.165) is 0 Å². The molecule has 0 saturated heterocycles. The lowest BCUT2D eigenvalue weighted by Crippen LogP contribution is -2.09. The first-order valence-electron chi connectivity index (χ1n) is 8.89. The molecule has 0 radical (unpaired) electrons. The van der Waals surface area contributed by atoms with E-state index in [0.29, 0.717) is 34.3 Å². The molecule has 158 valence electrons. The molecule has 3 aromatic rings. The fourth-order valence-electron chi connectivity index (χ4n) is 3.44. The molecule has 0 unspecified atom stereocenters. The standard InChI is InChI=1S/C21H20O9/c1-23-12-6-10(7-13(24-2)18(12)25-3)17-21(27-5)16(22)15-11(30-17)8-14-19(20(15)26-4)29-9-28-14/h6-8H,9H2,1-5H3. The normalized spacial score (nSPS) is 12.0. The van der Waals surface area contributed by atoms with Crippen LogP contribution in [0, 0.1) is 0 Å². The number of benzene rings is 2. The van der Waals surface area contributed by atoms with E-state index in [1.54, 1.807) is 18.2 Å².